The number of aromatic amines is 1. The van der Waals surface area contributed by atoms with Crippen LogP contribution in [0.2, 0.25) is 0 Å². The number of rotatable bonds is 1. The van der Waals surface area contributed by atoms with Crippen LogP contribution >= 0.6 is 11.3 Å². The number of nitrogens with one attached hydrogen (secondary N) is 1. The van der Waals surface area contributed by atoms with Gasteiger partial charge in [0.2, 0.25) is 0 Å². The monoisotopic (exact) mass is 308 g/mol. The Morgan fingerprint density at radius 3 is 2.68 bits per heavy atom. The SMILES string of the molecule is Cc1cc(C)c2c(n1)sc1c(=O)[nH]c(-c3ccncc3)nc12. The van der Waals surface area contributed by atoms with E-state index in [0.29, 0.717) is 10.5 Å². The van der Waals surface area contributed by atoms with Gasteiger partial charge in [0.25, 0.3) is 5.56 Å². The average Bonchev–Trinajstić information content (AvgIpc) is 2.87. The zero-order valence-corrected chi connectivity index (χ0v) is 12.9. The van der Waals surface area contributed by atoms with Crippen molar-refractivity contribution in [3.05, 3.63) is 52.2 Å². The summed E-state index contributed by atoms with van der Waals surface area (Å²) in [5.74, 6) is 0.555. The van der Waals surface area contributed by atoms with Gasteiger partial charge in [-0.2, -0.15) is 0 Å². The Hall–Kier alpha value is -2.60. The summed E-state index contributed by atoms with van der Waals surface area (Å²) in [6.07, 6.45) is 3.36. The predicted octanol–water partition coefficient (Wildman–Crippen LogP) is 3.21. The predicted molar refractivity (Wildman–Crippen MR) is 88.2 cm³/mol. The Bertz CT molecular complexity index is 1070. The van der Waals surface area contributed by atoms with Gasteiger partial charge in [0.1, 0.15) is 15.4 Å². The molecule has 4 heterocycles. The van der Waals surface area contributed by atoms with Gasteiger partial charge in [0.15, 0.2) is 0 Å². The highest BCUT2D eigenvalue weighted by atomic mass is 32.1. The third-order valence-electron chi connectivity index (χ3n) is 3.58. The first kappa shape index (κ1) is 13.1. The Balaban J connectivity index is 2.13. The minimum atomic E-state index is -0.128. The number of H-pyrrole nitrogens is 1. The number of hydrogen-bond donors (Lipinski definition) is 1. The Kier molecular flexibility index (Phi) is 2.80. The normalized spacial score (nSPS) is 11.4. The molecule has 0 aliphatic rings. The highest BCUT2D eigenvalue weighted by Gasteiger charge is 2.15. The molecule has 0 aromatic carbocycles. The van der Waals surface area contributed by atoms with Crippen molar-refractivity contribution in [3.8, 4) is 11.4 Å². The summed E-state index contributed by atoms with van der Waals surface area (Å²) < 4.78 is 0.619. The molecule has 0 saturated carbocycles. The number of aromatic nitrogens is 4. The first-order valence-corrected chi connectivity index (χ1v) is 7.66. The van der Waals surface area contributed by atoms with Crippen molar-refractivity contribution in [1.29, 1.82) is 0 Å². The van der Waals surface area contributed by atoms with E-state index in [-0.39, 0.29) is 5.56 Å². The zero-order chi connectivity index (χ0) is 15.3. The van der Waals surface area contributed by atoms with E-state index in [0.717, 1.165) is 32.6 Å². The molecule has 0 aliphatic heterocycles. The summed E-state index contributed by atoms with van der Waals surface area (Å²) in [5.41, 5.74) is 3.47. The second-order valence-corrected chi connectivity index (χ2v) is 6.19. The van der Waals surface area contributed by atoms with Crippen molar-refractivity contribution in [3.63, 3.8) is 0 Å². The van der Waals surface area contributed by atoms with Crippen molar-refractivity contribution in [2.75, 3.05) is 0 Å². The van der Waals surface area contributed by atoms with Crippen LogP contribution in [0.5, 0.6) is 0 Å². The van der Waals surface area contributed by atoms with Gasteiger partial charge in [-0.15, -0.1) is 11.3 Å². The summed E-state index contributed by atoms with van der Waals surface area (Å²) in [6.45, 7) is 3.98. The lowest BCUT2D eigenvalue weighted by atomic mass is 10.1. The topological polar surface area (TPSA) is 71.5 Å². The molecular weight excluding hydrogens is 296 g/mol. The van der Waals surface area contributed by atoms with E-state index in [1.807, 2.05) is 32.0 Å². The Morgan fingerprint density at radius 2 is 1.91 bits per heavy atom. The molecule has 0 spiro atoms. The number of fused-ring (bicyclic) bond motifs is 3. The molecule has 0 aliphatic carbocycles. The van der Waals surface area contributed by atoms with E-state index in [1.165, 1.54) is 11.3 Å². The molecule has 0 atom stereocenters. The molecule has 22 heavy (non-hydrogen) atoms. The highest BCUT2D eigenvalue weighted by molar-refractivity contribution is 7.25. The van der Waals surface area contributed by atoms with Crippen molar-refractivity contribution >= 4 is 31.8 Å². The second kappa shape index (κ2) is 4.71. The highest BCUT2D eigenvalue weighted by Crippen LogP contribution is 2.32. The summed E-state index contributed by atoms with van der Waals surface area (Å²) in [4.78, 5) is 29.3. The molecule has 1 N–H and O–H groups in total. The van der Waals surface area contributed by atoms with E-state index >= 15 is 0 Å². The number of hydrogen-bond acceptors (Lipinski definition) is 5. The fraction of sp³-hybridized carbons (Fsp3) is 0.125. The van der Waals surface area contributed by atoms with Crippen LogP contribution in [0.15, 0.2) is 35.4 Å². The van der Waals surface area contributed by atoms with Crippen LogP contribution < -0.4 is 5.56 Å². The van der Waals surface area contributed by atoms with Crippen LogP contribution in [0.25, 0.3) is 31.8 Å². The second-order valence-electron chi connectivity index (χ2n) is 5.19. The molecule has 5 nitrogen and oxygen atoms in total. The molecule has 0 bridgehead atoms. The minimum absolute atomic E-state index is 0.128. The number of nitrogens with zero attached hydrogens (tertiary/aromatic N) is 3. The van der Waals surface area contributed by atoms with Gasteiger partial charge < -0.3 is 4.98 Å². The van der Waals surface area contributed by atoms with E-state index in [1.54, 1.807) is 12.4 Å². The maximum Gasteiger partial charge on any atom is 0.269 e. The lowest BCUT2D eigenvalue weighted by Gasteiger charge is -2.02. The zero-order valence-electron chi connectivity index (χ0n) is 12.0. The first-order valence-electron chi connectivity index (χ1n) is 6.84. The third kappa shape index (κ3) is 1.92. The van der Waals surface area contributed by atoms with Gasteiger partial charge in [0, 0.05) is 29.0 Å². The Labute approximate surface area is 129 Å². The fourth-order valence-corrected chi connectivity index (χ4v) is 3.76. The molecular formula is C16H12N4OS. The van der Waals surface area contributed by atoms with Gasteiger partial charge in [-0.1, -0.05) is 0 Å². The fourth-order valence-electron chi connectivity index (χ4n) is 2.63. The van der Waals surface area contributed by atoms with Crippen molar-refractivity contribution in [1.82, 2.24) is 19.9 Å². The lowest BCUT2D eigenvalue weighted by Crippen LogP contribution is -2.07. The van der Waals surface area contributed by atoms with Crippen LogP contribution in [0.3, 0.4) is 0 Å². The molecule has 4 aromatic rings. The van der Waals surface area contributed by atoms with Gasteiger partial charge in [0.05, 0.1) is 5.52 Å². The average molecular weight is 308 g/mol. The molecule has 0 fully saturated rings. The number of thiophene rings is 1. The number of aryl methyl sites for hydroxylation is 2. The smallest absolute Gasteiger partial charge is 0.269 e. The molecule has 4 rings (SSSR count). The summed E-state index contributed by atoms with van der Waals surface area (Å²) >= 11 is 1.39. The maximum absolute atomic E-state index is 12.4. The quantitative estimate of drug-likeness (QED) is 0.586. The lowest BCUT2D eigenvalue weighted by molar-refractivity contribution is 1.18. The van der Waals surface area contributed by atoms with Crippen LogP contribution in [0, 0.1) is 13.8 Å². The number of pyridine rings is 2. The summed E-state index contributed by atoms with van der Waals surface area (Å²) in [7, 11) is 0. The van der Waals surface area contributed by atoms with Crippen molar-refractivity contribution in [2.24, 2.45) is 0 Å². The van der Waals surface area contributed by atoms with Gasteiger partial charge in [-0.3, -0.25) is 9.78 Å². The van der Waals surface area contributed by atoms with Crippen LogP contribution in [0.1, 0.15) is 11.3 Å². The largest absolute Gasteiger partial charge is 0.305 e. The third-order valence-corrected chi connectivity index (χ3v) is 4.65. The van der Waals surface area contributed by atoms with E-state index in [2.05, 4.69) is 19.9 Å². The van der Waals surface area contributed by atoms with E-state index in [4.69, 9.17) is 0 Å². The minimum Gasteiger partial charge on any atom is -0.305 e. The van der Waals surface area contributed by atoms with Gasteiger partial charge >= 0.3 is 0 Å². The van der Waals surface area contributed by atoms with Crippen molar-refractivity contribution in [2.45, 2.75) is 13.8 Å². The standard InChI is InChI=1S/C16H12N4OS/c1-8-7-9(2)18-16-11(8)12-13(22-16)15(21)20-14(19-12)10-3-5-17-6-4-10/h3-7H,1-2H3,(H,19,20,21). The molecule has 6 heteroatoms. The van der Waals surface area contributed by atoms with E-state index in [9.17, 15) is 4.79 Å². The summed E-state index contributed by atoms with van der Waals surface area (Å²) in [5, 5.41) is 0.965. The molecule has 0 amide bonds. The summed E-state index contributed by atoms with van der Waals surface area (Å²) in [6, 6.07) is 5.67. The van der Waals surface area contributed by atoms with Crippen molar-refractivity contribution < 1.29 is 0 Å². The molecule has 0 unspecified atom stereocenters. The molecule has 0 saturated heterocycles. The molecule has 108 valence electrons. The van der Waals surface area contributed by atoms with Gasteiger partial charge in [-0.05, 0) is 37.6 Å². The first-order chi connectivity index (χ1) is 10.6. The van der Waals surface area contributed by atoms with Crippen LogP contribution in [-0.4, -0.2) is 19.9 Å². The van der Waals surface area contributed by atoms with Crippen LogP contribution in [-0.2, 0) is 0 Å². The Morgan fingerprint density at radius 1 is 1.14 bits per heavy atom. The van der Waals surface area contributed by atoms with Gasteiger partial charge in [-0.25, -0.2) is 9.97 Å². The molecule has 0 radical (unpaired) electrons. The van der Waals surface area contributed by atoms with Crippen LogP contribution in [0.4, 0.5) is 0 Å². The van der Waals surface area contributed by atoms with E-state index < -0.39 is 0 Å². The maximum atomic E-state index is 12.4. The molecule has 4 aromatic heterocycles.